The lowest BCUT2D eigenvalue weighted by atomic mass is 9.83. The zero-order valence-electron chi connectivity index (χ0n) is 45.2. The van der Waals surface area contributed by atoms with Gasteiger partial charge in [-0.3, -0.25) is 0 Å². The molecule has 0 N–H and O–H groups in total. The highest BCUT2D eigenvalue weighted by Crippen LogP contribution is 2.46. The Bertz CT molecular complexity index is 4180. The molecule has 3 nitrogen and oxygen atoms in total. The van der Waals surface area contributed by atoms with Crippen LogP contribution >= 0.6 is 0 Å². The van der Waals surface area contributed by atoms with Crippen molar-refractivity contribution >= 4 is 79.2 Å². The monoisotopic (exact) mass is 1020 g/mol. The predicted octanol–water partition coefficient (Wildman–Crippen LogP) is 21.6. The van der Waals surface area contributed by atoms with Crippen molar-refractivity contribution in [2.45, 2.75) is 20.8 Å². The van der Waals surface area contributed by atoms with Gasteiger partial charge in [-0.05, 0) is 206 Å². The molecule has 0 amide bonds. The summed E-state index contributed by atoms with van der Waals surface area (Å²) in [7, 11) is 2.11. The van der Waals surface area contributed by atoms with Crippen molar-refractivity contribution in [2.24, 2.45) is 0 Å². The molecule has 0 aromatic heterocycles. The quantitative estimate of drug-likeness (QED) is 0.107. The number of hydrogen-bond acceptors (Lipinski definition) is 3. The molecule has 0 saturated heterocycles. The molecule has 0 bridgehead atoms. The molecule has 0 atom stereocenters. The van der Waals surface area contributed by atoms with Gasteiger partial charge in [0.25, 0.3) is 0 Å². The van der Waals surface area contributed by atoms with Crippen LogP contribution < -0.4 is 14.7 Å². The summed E-state index contributed by atoms with van der Waals surface area (Å²) < 4.78 is 0. The van der Waals surface area contributed by atoms with Crippen LogP contribution in [0.15, 0.2) is 274 Å². The van der Waals surface area contributed by atoms with E-state index in [4.69, 9.17) is 0 Å². The third-order valence-corrected chi connectivity index (χ3v) is 15.5. The first-order chi connectivity index (χ1) is 38.7. The summed E-state index contributed by atoms with van der Waals surface area (Å²) in [6, 6.07) is 94.8. The Balaban J connectivity index is 0.876. The lowest BCUT2D eigenvalue weighted by Crippen LogP contribution is -2.10. The molecule has 0 unspecified atom stereocenters. The number of fused-ring (bicyclic) bond motifs is 2. The van der Waals surface area contributed by atoms with E-state index >= 15 is 0 Å². The Kier molecular flexibility index (Phi) is 13.6. The van der Waals surface area contributed by atoms with Crippen LogP contribution in [0.25, 0.3) is 78.2 Å². The van der Waals surface area contributed by atoms with Gasteiger partial charge >= 0.3 is 0 Å². The van der Waals surface area contributed by atoms with E-state index in [2.05, 4.69) is 310 Å². The Morgan fingerprint density at radius 1 is 0.291 bits per heavy atom. The summed E-state index contributed by atoms with van der Waals surface area (Å²) in [4.78, 5) is 6.86. The van der Waals surface area contributed by atoms with Gasteiger partial charge < -0.3 is 14.7 Å². The SMILES string of the molecule is C=Cc1cccc(N(c2ccc(C)cc2)c2ccc(-c3cc(C)c(-c4c(C)cc(-c5ccc(N(c6ccc(-c7ccc(N(C)c8ccccc8)cc7)cc6)c6cccc(C=C)c6)cc5)c5ccccc45)c4ccccc34)cc2)c1. The van der Waals surface area contributed by atoms with E-state index in [1.807, 2.05) is 18.2 Å². The predicted molar refractivity (Wildman–Crippen MR) is 341 cm³/mol. The molecule has 12 aromatic carbocycles. The summed E-state index contributed by atoms with van der Waals surface area (Å²) in [5.41, 5.74) is 24.3. The fourth-order valence-electron chi connectivity index (χ4n) is 11.4. The smallest absolute Gasteiger partial charge is 0.0467 e. The number of aryl methyl sites for hydroxylation is 3. The van der Waals surface area contributed by atoms with E-state index in [0.29, 0.717) is 0 Å². The maximum atomic E-state index is 4.10. The van der Waals surface area contributed by atoms with Crippen molar-refractivity contribution in [3.05, 3.63) is 302 Å². The van der Waals surface area contributed by atoms with Gasteiger partial charge in [0.05, 0.1) is 0 Å². The lowest BCUT2D eigenvalue weighted by Gasteiger charge is -2.26. The molecule has 0 fully saturated rings. The van der Waals surface area contributed by atoms with Gasteiger partial charge in [-0.1, -0.05) is 195 Å². The zero-order chi connectivity index (χ0) is 54.0. The normalized spacial score (nSPS) is 11.1. The molecule has 0 aliphatic carbocycles. The maximum absolute atomic E-state index is 4.10. The number of benzene rings is 12. The van der Waals surface area contributed by atoms with Crippen molar-refractivity contribution in [1.82, 2.24) is 0 Å². The fourth-order valence-corrected chi connectivity index (χ4v) is 11.4. The first-order valence-electron chi connectivity index (χ1n) is 27.1. The van der Waals surface area contributed by atoms with Gasteiger partial charge in [-0.2, -0.15) is 0 Å². The average molecular weight is 1020 g/mol. The lowest BCUT2D eigenvalue weighted by molar-refractivity contribution is 1.21. The number of rotatable bonds is 14. The van der Waals surface area contributed by atoms with Crippen LogP contribution in [0, 0.1) is 20.8 Å². The van der Waals surface area contributed by atoms with Crippen molar-refractivity contribution in [3.8, 4) is 44.5 Å². The van der Waals surface area contributed by atoms with E-state index in [0.717, 1.165) is 62.2 Å². The van der Waals surface area contributed by atoms with Crippen LogP contribution in [-0.4, -0.2) is 7.05 Å². The third-order valence-electron chi connectivity index (χ3n) is 15.5. The van der Waals surface area contributed by atoms with Gasteiger partial charge in [0.1, 0.15) is 0 Å². The largest absolute Gasteiger partial charge is 0.345 e. The highest BCUT2D eigenvalue weighted by Gasteiger charge is 2.21. The maximum Gasteiger partial charge on any atom is 0.0467 e. The third kappa shape index (κ3) is 9.80. The van der Waals surface area contributed by atoms with Crippen molar-refractivity contribution in [3.63, 3.8) is 0 Å². The molecule has 79 heavy (non-hydrogen) atoms. The Hall–Kier alpha value is -9.96. The molecular formula is C76H61N3. The molecule has 0 saturated carbocycles. The second-order valence-corrected chi connectivity index (χ2v) is 20.5. The molecule has 12 aromatic rings. The van der Waals surface area contributed by atoms with E-state index in [1.54, 1.807) is 0 Å². The minimum Gasteiger partial charge on any atom is -0.345 e. The van der Waals surface area contributed by atoms with E-state index in [1.165, 1.54) is 77.2 Å². The number of hydrogen-bond donors (Lipinski definition) is 0. The molecule has 0 aliphatic heterocycles. The highest BCUT2D eigenvalue weighted by atomic mass is 15.1. The molecule has 3 heteroatoms. The molecule has 380 valence electrons. The van der Waals surface area contributed by atoms with Crippen LogP contribution in [0.3, 0.4) is 0 Å². The van der Waals surface area contributed by atoms with Gasteiger partial charge in [-0.25, -0.2) is 0 Å². The molecule has 0 aliphatic rings. The van der Waals surface area contributed by atoms with Crippen LogP contribution in [-0.2, 0) is 0 Å². The number of para-hydroxylation sites is 1. The van der Waals surface area contributed by atoms with Gasteiger partial charge in [0, 0.05) is 52.5 Å². The van der Waals surface area contributed by atoms with Gasteiger partial charge in [-0.15, -0.1) is 0 Å². The first-order valence-corrected chi connectivity index (χ1v) is 27.1. The highest BCUT2D eigenvalue weighted by molar-refractivity contribution is 6.14. The summed E-state index contributed by atoms with van der Waals surface area (Å²) >= 11 is 0. The minimum absolute atomic E-state index is 1.07. The zero-order valence-corrected chi connectivity index (χ0v) is 45.2. The second kappa shape index (κ2) is 21.6. The van der Waals surface area contributed by atoms with E-state index in [-0.39, 0.29) is 0 Å². The average Bonchev–Trinajstić information content (AvgIpc) is 3.63. The molecule has 0 radical (unpaired) electrons. The topological polar surface area (TPSA) is 9.72 Å². The van der Waals surface area contributed by atoms with Crippen LogP contribution in [0.4, 0.5) is 45.5 Å². The summed E-state index contributed by atoms with van der Waals surface area (Å²) in [5, 5.41) is 4.94. The summed E-state index contributed by atoms with van der Waals surface area (Å²) in [6.45, 7) is 14.8. The van der Waals surface area contributed by atoms with Crippen LogP contribution in [0.5, 0.6) is 0 Å². The Morgan fingerprint density at radius 3 is 1.03 bits per heavy atom. The van der Waals surface area contributed by atoms with Crippen molar-refractivity contribution in [1.29, 1.82) is 0 Å². The second-order valence-electron chi connectivity index (χ2n) is 20.5. The van der Waals surface area contributed by atoms with E-state index < -0.39 is 0 Å². The van der Waals surface area contributed by atoms with Crippen LogP contribution in [0.1, 0.15) is 27.8 Å². The number of anilines is 8. The van der Waals surface area contributed by atoms with Crippen molar-refractivity contribution < 1.29 is 0 Å². The Morgan fingerprint density at radius 2 is 0.620 bits per heavy atom. The summed E-state index contributed by atoms with van der Waals surface area (Å²) in [6.07, 6.45) is 3.81. The Labute approximate surface area is 465 Å². The summed E-state index contributed by atoms with van der Waals surface area (Å²) in [5.74, 6) is 0. The fraction of sp³-hybridized carbons (Fsp3) is 0.0526. The molecular weight excluding hydrogens is 955 g/mol. The molecule has 0 spiro atoms. The van der Waals surface area contributed by atoms with Gasteiger partial charge in [0.2, 0.25) is 0 Å². The molecule has 0 heterocycles. The van der Waals surface area contributed by atoms with E-state index in [9.17, 15) is 0 Å². The van der Waals surface area contributed by atoms with Gasteiger partial charge in [0.15, 0.2) is 0 Å². The van der Waals surface area contributed by atoms with Crippen molar-refractivity contribution in [2.75, 3.05) is 21.7 Å². The van der Waals surface area contributed by atoms with Crippen LogP contribution in [0.2, 0.25) is 0 Å². The number of nitrogens with zero attached hydrogens (tertiary/aromatic N) is 3. The standard InChI is InChI=1S/C76H61N3/c1-7-55-18-16-22-67(50-55)78(63-38-28-52(3)29-39-63)65-44-34-59(35-45-65)73-48-53(4)75(71-26-14-12-24-69(71)73)76-54(5)49-74(70-25-13-15-27-72(70)76)60-36-46-66(47-37-60)79(68-23-17-19-56(8-2)51-68)64-42-32-58(33-43-64)57-30-40-62(41-31-57)77(6)61-20-10-9-11-21-61/h7-51H,1-2H2,3-6H3. The first kappa shape index (κ1) is 49.9. The molecule has 12 rings (SSSR count). The minimum atomic E-state index is 1.07.